The summed E-state index contributed by atoms with van der Waals surface area (Å²) in [6.07, 6.45) is 0.315. The van der Waals surface area contributed by atoms with Gasteiger partial charge in [-0.25, -0.2) is 4.98 Å². The van der Waals surface area contributed by atoms with Crippen LogP contribution in [0.15, 0.2) is 30.3 Å². The van der Waals surface area contributed by atoms with Crippen LogP contribution in [0.1, 0.15) is 19.4 Å². The smallest absolute Gasteiger partial charge is 0.131 e. The average Bonchev–Trinajstić information content (AvgIpc) is 2.48. The molecule has 1 fully saturated rings. The van der Waals surface area contributed by atoms with Gasteiger partial charge in [-0.2, -0.15) is 0 Å². The van der Waals surface area contributed by atoms with E-state index in [4.69, 9.17) is 9.72 Å². The predicted octanol–water partition coefficient (Wildman–Crippen LogP) is 2.89. The molecule has 3 rings (SSSR count). The maximum atomic E-state index is 5.62. The molecule has 0 amide bonds. The normalized spacial score (nSPS) is 19.8. The molecule has 1 aliphatic heterocycles. The summed E-state index contributed by atoms with van der Waals surface area (Å²) in [5, 5.41) is 4.60. The Balaban J connectivity index is 1.89. The van der Waals surface area contributed by atoms with Crippen molar-refractivity contribution < 1.29 is 4.74 Å². The molecule has 1 atom stereocenters. The van der Waals surface area contributed by atoms with Crippen LogP contribution in [0.25, 0.3) is 10.9 Å². The Labute approximate surface area is 126 Å². The third kappa shape index (κ3) is 3.34. The van der Waals surface area contributed by atoms with E-state index >= 15 is 0 Å². The van der Waals surface area contributed by atoms with E-state index in [2.05, 4.69) is 48.3 Å². The van der Waals surface area contributed by atoms with Gasteiger partial charge in [-0.15, -0.1) is 0 Å². The summed E-state index contributed by atoms with van der Waals surface area (Å²) in [6.45, 7) is 8.85. The Morgan fingerprint density at radius 3 is 3.05 bits per heavy atom. The van der Waals surface area contributed by atoms with Crippen LogP contribution >= 0.6 is 0 Å². The summed E-state index contributed by atoms with van der Waals surface area (Å²) in [6, 6.07) is 10.6. The molecule has 0 saturated carbocycles. The maximum Gasteiger partial charge on any atom is 0.131 e. The maximum absolute atomic E-state index is 5.62. The van der Waals surface area contributed by atoms with Gasteiger partial charge in [0.15, 0.2) is 0 Å². The minimum absolute atomic E-state index is 0.315. The van der Waals surface area contributed by atoms with Crippen molar-refractivity contribution in [2.24, 2.45) is 0 Å². The molecular formula is C17H23N3O. The summed E-state index contributed by atoms with van der Waals surface area (Å²) in [5.41, 5.74) is 2.32. The largest absolute Gasteiger partial charge is 0.376 e. The van der Waals surface area contributed by atoms with Gasteiger partial charge in [-0.3, -0.25) is 4.90 Å². The molecule has 4 heteroatoms. The van der Waals surface area contributed by atoms with E-state index in [1.54, 1.807) is 0 Å². The SMILES string of the molecule is CCNc1nc2ccccc2cc1CN1CCOC(C)C1. The lowest BCUT2D eigenvalue weighted by Crippen LogP contribution is -2.40. The van der Waals surface area contributed by atoms with E-state index in [1.807, 2.05) is 6.07 Å². The van der Waals surface area contributed by atoms with Crippen LogP contribution in [0.2, 0.25) is 0 Å². The Morgan fingerprint density at radius 2 is 2.24 bits per heavy atom. The zero-order chi connectivity index (χ0) is 14.7. The Morgan fingerprint density at radius 1 is 1.38 bits per heavy atom. The number of nitrogens with one attached hydrogen (secondary N) is 1. The third-order valence-electron chi connectivity index (χ3n) is 3.87. The number of pyridine rings is 1. The first-order valence-electron chi connectivity index (χ1n) is 7.72. The number of rotatable bonds is 4. The molecule has 0 bridgehead atoms. The first-order valence-corrected chi connectivity index (χ1v) is 7.72. The van der Waals surface area contributed by atoms with E-state index < -0.39 is 0 Å². The van der Waals surface area contributed by atoms with Crippen molar-refractivity contribution >= 4 is 16.7 Å². The zero-order valence-corrected chi connectivity index (χ0v) is 12.8. The number of fused-ring (bicyclic) bond motifs is 1. The second kappa shape index (κ2) is 6.41. The molecule has 4 nitrogen and oxygen atoms in total. The standard InChI is InChI=1S/C17H23N3O/c1-3-18-17-15(12-20-8-9-21-13(2)11-20)10-14-6-4-5-7-16(14)19-17/h4-7,10,13H,3,8-9,11-12H2,1-2H3,(H,18,19). The highest BCUT2D eigenvalue weighted by atomic mass is 16.5. The molecule has 1 aromatic carbocycles. The fraction of sp³-hybridized carbons (Fsp3) is 0.471. The average molecular weight is 285 g/mol. The molecule has 112 valence electrons. The fourth-order valence-corrected chi connectivity index (χ4v) is 2.88. The van der Waals surface area contributed by atoms with Crippen molar-refractivity contribution in [2.45, 2.75) is 26.5 Å². The summed E-state index contributed by atoms with van der Waals surface area (Å²) >= 11 is 0. The van der Waals surface area contributed by atoms with Crippen LogP contribution in [-0.2, 0) is 11.3 Å². The van der Waals surface area contributed by atoms with Gasteiger partial charge in [0.2, 0.25) is 0 Å². The molecule has 21 heavy (non-hydrogen) atoms. The van der Waals surface area contributed by atoms with Gasteiger partial charge in [0.05, 0.1) is 18.2 Å². The highest BCUT2D eigenvalue weighted by molar-refractivity contribution is 5.81. The molecule has 2 heterocycles. The molecule has 1 saturated heterocycles. The van der Waals surface area contributed by atoms with Crippen LogP contribution in [0.5, 0.6) is 0 Å². The van der Waals surface area contributed by atoms with Crippen molar-refractivity contribution in [3.63, 3.8) is 0 Å². The Bertz CT molecular complexity index is 614. The molecule has 0 radical (unpaired) electrons. The van der Waals surface area contributed by atoms with Crippen molar-refractivity contribution in [2.75, 3.05) is 31.6 Å². The van der Waals surface area contributed by atoms with Gasteiger partial charge in [-0.1, -0.05) is 18.2 Å². The van der Waals surface area contributed by atoms with E-state index in [1.165, 1.54) is 10.9 Å². The Kier molecular flexibility index (Phi) is 4.36. The number of aromatic nitrogens is 1. The van der Waals surface area contributed by atoms with Crippen molar-refractivity contribution in [3.8, 4) is 0 Å². The molecule has 1 aliphatic rings. The lowest BCUT2D eigenvalue weighted by molar-refractivity contribution is -0.0211. The minimum Gasteiger partial charge on any atom is -0.376 e. The minimum atomic E-state index is 0.315. The molecule has 1 aromatic heterocycles. The molecule has 0 spiro atoms. The van der Waals surface area contributed by atoms with Gasteiger partial charge >= 0.3 is 0 Å². The fourth-order valence-electron chi connectivity index (χ4n) is 2.88. The first kappa shape index (κ1) is 14.3. The number of hydrogen-bond donors (Lipinski definition) is 1. The quantitative estimate of drug-likeness (QED) is 0.937. The second-order valence-electron chi connectivity index (χ2n) is 5.64. The van der Waals surface area contributed by atoms with Crippen LogP contribution in [0, 0.1) is 0 Å². The Hall–Kier alpha value is -1.65. The monoisotopic (exact) mass is 285 g/mol. The van der Waals surface area contributed by atoms with Gasteiger partial charge in [0, 0.05) is 37.1 Å². The second-order valence-corrected chi connectivity index (χ2v) is 5.64. The number of hydrogen-bond acceptors (Lipinski definition) is 4. The van der Waals surface area contributed by atoms with Crippen LogP contribution < -0.4 is 5.32 Å². The molecule has 0 aliphatic carbocycles. The number of nitrogens with zero attached hydrogens (tertiary/aromatic N) is 2. The van der Waals surface area contributed by atoms with E-state index in [-0.39, 0.29) is 0 Å². The summed E-state index contributed by atoms with van der Waals surface area (Å²) < 4.78 is 5.62. The number of benzene rings is 1. The van der Waals surface area contributed by atoms with Crippen molar-refractivity contribution in [1.29, 1.82) is 0 Å². The van der Waals surface area contributed by atoms with Crippen LogP contribution in [-0.4, -0.2) is 42.2 Å². The molecular weight excluding hydrogens is 262 g/mol. The van der Waals surface area contributed by atoms with Gasteiger partial charge in [-0.05, 0) is 26.0 Å². The lowest BCUT2D eigenvalue weighted by atomic mass is 10.1. The predicted molar refractivity (Wildman–Crippen MR) is 86.6 cm³/mol. The van der Waals surface area contributed by atoms with E-state index in [9.17, 15) is 0 Å². The van der Waals surface area contributed by atoms with Gasteiger partial charge in [0.25, 0.3) is 0 Å². The van der Waals surface area contributed by atoms with Crippen molar-refractivity contribution in [3.05, 3.63) is 35.9 Å². The molecule has 1 N–H and O–H groups in total. The number of morpholine rings is 1. The van der Waals surface area contributed by atoms with Crippen LogP contribution in [0.3, 0.4) is 0 Å². The van der Waals surface area contributed by atoms with Crippen molar-refractivity contribution in [1.82, 2.24) is 9.88 Å². The third-order valence-corrected chi connectivity index (χ3v) is 3.87. The van der Waals surface area contributed by atoms with Gasteiger partial charge < -0.3 is 10.1 Å². The highest BCUT2D eigenvalue weighted by Gasteiger charge is 2.18. The first-order chi connectivity index (χ1) is 10.3. The van der Waals surface area contributed by atoms with Crippen LogP contribution in [0.4, 0.5) is 5.82 Å². The van der Waals surface area contributed by atoms with Gasteiger partial charge in [0.1, 0.15) is 5.82 Å². The molecule has 1 unspecified atom stereocenters. The zero-order valence-electron chi connectivity index (χ0n) is 12.8. The number of ether oxygens (including phenoxy) is 1. The topological polar surface area (TPSA) is 37.4 Å². The highest BCUT2D eigenvalue weighted by Crippen LogP contribution is 2.22. The molecule has 2 aromatic rings. The summed E-state index contributed by atoms with van der Waals surface area (Å²) in [4.78, 5) is 7.23. The summed E-state index contributed by atoms with van der Waals surface area (Å²) in [7, 11) is 0. The summed E-state index contributed by atoms with van der Waals surface area (Å²) in [5.74, 6) is 1.01. The van der Waals surface area contributed by atoms with E-state index in [0.717, 1.165) is 44.1 Å². The lowest BCUT2D eigenvalue weighted by Gasteiger charge is -2.31. The number of para-hydroxylation sites is 1. The number of anilines is 1. The van der Waals surface area contributed by atoms with E-state index in [0.29, 0.717) is 6.10 Å².